The highest BCUT2D eigenvalue weighted by molar-refractivity contribution is 7.91. The van der Waals surface area contributed by atoms with Crippen LogP contribution in [0.2, 0.25) is 0 Å². The third-order valence-corrected chi connectivity index (χ3v) is 7.01. The average Bonchev–Trinajstić information content (AvgIpc) is 2.85. The highest BCUT2D eigenvalue weighted by Crippen LogP contribution is 2.31. The van der Waals surface area contributed by atoms with Crippen LogP contribution < -0.4 is 16.0 Å². The lowest BCUT2D eigenvalue weighted by Crippen LogP contribution is -2.27. The van der Waals surface area contributed by atoms with E-state index >= 15 is 0 Å². The summed E-state index contributed by atoms with van der Waals surface area (Å²) in [6, 6.07) is 14.7. The number of anilines is 2. The summed E-state index contributed by atoms with van der Waals surface area (Å²) in [6.45, 7) is 2.99. The second kappa shape index (κ2) is 8.04. The Kier molecular flexibility index (Phi) is 5.44. The zero-order valence-corrected chi connectivity index (χ0v) is 17.6. The Morgan fingerprint density at radius 3 is 2.80 bits per heavy atom. The Labute approximate surface area is 175 Å². The van der Waals surface area contributed by atoms with Crippen LogP contribution in [0.25, 0.3) is 10.9 Å². The number of rotatable bonds is 4. The zero-order chi connectivity index (χ0) is 21.3. The molecule has 8 heteroatoms. The molecule has 0 radical (unpaired) electrons. The number of sulfone groups is 1. The molecule has 3 aromatic rings. The van der Waals surface area contributed by atoms with Gasteiger partial charge in [-0.15, -0.1) is 0 Å². The molecule has 4 rings (SSSR count). The Bertz CT molecular complexity index is 1220. The van der Waals surface area contributed by atoms with Crippen LogP contribution in [0.4, 0.5) is 11.5 Å². The molecule has 0 fully saturated rings. The van der Waals surface area contributed by atoms with E-state index in [0.29, 0.717) is 29.5 Å². The number of fused-ring (bicyclic) bond motifs is 2. The van der Waals surface area contributed by atoms with Crippen molar-refractivity contribution in [2.45, 2.75) is 24.8 Å². The number of nitrogens with one attached hydrogen (secondary N) is 1. The number of amides is 1. The highest BCUT2D eigenvalue weighted by Gasteiger charge is 2.26. The van der Waals surface area contributed by atoms with Crippen LogP contribution in [0.3, 0.4) is 0 Å². The monoisotopic (exact) mass is 424 g/mol. The van der Waals surface area contributed by atoms with Gasteiger partial charge in [-0.25, -0.2) is 13.4 Å². The maximum absolute atomic E-state index is 12.7. The number of pyridine rings is 1. The van der Waals surface area contributed by atoms with Crippen molar-refractivity contribution in [2.24, 2.45) is 5.73 Å². The molecule has 0 atom stereocenters. The molecular formula is C22H24N4O3S. The maximum Gasteiger partial charge on any atom is 0.225 e. The van der Waals surface area contributed by atoms with E-state index in [4.69, 9.17) is 10.7 Å². The number of nitrogens with two attached hydrogens (primary N) is 1. The molecule has 0 spiro atoms. The molecule has 3 N–H and O–H groups in total. The lowest BCUT2D eigenvalue weighted by molar-refractivity contribution is -0.116. The van der Waals surface area contributed by atoms with Crippen molar-refractivity contribution < 1.29 is 13.2 Å². The van der Waals surface area contributed by atoms with Crippen LogP contribution in [-0.4, -0.2) is 38.2 Å². The third-order valence-electron chi connectivity index (χ3n) is 5.22. The summed E-state index contributed by atoms with van der Waals surface area (Å²) in [7, 11) is -3.36. The molecule has 0 aliphatic carbocycles. The quantitative estimate of drug-likeness (QED) is 0.667. The Morgan fingerprint density at radius 1 is 1.20 bits per heavy atom. The van der Waals surface area contributed by atoms with Crippen LogP contribution >= 0.6 is 0 Å². The smallest absolute Gasteiger partial charge is 0.225 e. The Balaban J connectivity index is 1.79. The van der Waals surface area contributed by atoms with Crippen molar-refractivity contribution in [2.75, 3.05) is 29.1 Å². The van der Waals surface area contributed by atoms with E-state index in [1.54, 1.807) is 12.1 Å². The van der Waals surface area contributed by atoms with E-state index in [0.717, 1.165) is 22.0 Å². The standard InChI is InChI=1S/C22H24N4O3S/c1-15-6-7-18-17(12-15)19(25-22(27)8-9-23)13-21(24-18)26-10-11-30(28,29)20-5-3-2-4-16(20)14-26/h2-7,12-13H,8-11,14,23H2,1H3,(H,24,25,27). The fourth-order valence-corrected chi connectivity index (χ4v) is 5.19. The van der Waals surface area contributed by atoms with Gasteiger partial charge in [-0.1, -0.05) is 29.8 Å². The van der Waals surface area contributed by atoms with Gasteiger partial charge in [-0.2, -0.15) is 0 Å². The molecule has 1 aliphatic rings. The van der Waals surface area contributed by atoms with E-state index in [9.17, 15) is 13.2 Å². The lowest BCUT2D eigenvalue weighted by Gasteiger charge is -2.23. The Morgan fingerprint density at radius 2 is 2.00 bits per heavy atom. The molecule has 1 amide bonds. The molecule has 2 aromatic carbocycles. The minimum Gasteiger partial charge on any atom is -0.351 e. The summed E-state index contributed by atoms with van der Waals surface area (Å²) in [5, 5.41) is 3.78. The molecule has 0 unspecified atom stereocenters. The van der Waals surface area contributed by atoms with Gasteiger partial charge >= 0.3 is 0 Å². The predicted molar refractivity (Wildman–Crippen MR) is 118 cm³/mol. The van der Waals surface area contributed by atoms with Gasteiger partial charge in [0, 0.05) is 37.5 Å². The fraction of sp³-hybridized carbons (Fsp3) is 0.273. The van der Waals surface area contributed by atoms with Crippen LogP contribution in [0, 0.1) is 6.92 Å². The number of benzene rings is 2. The lowest BCUT2D eigenvalue weighted by atomic mass is 10.1. The van der Waals surface area contributed by atoms with Crippen LogP contribution in [0.5, 0.6) is 0 Å². The topological polar surface area (TPSA) is 105 Å². The second-order valence-corrected chi connectivity index (χ2v) is 9.56. The largest absolute Gasteiger partial charge is 0.351 e. The van der Waals surface area contributed by atoms with Gasteiger partial charge < -0.3 is 16.0 Å². The average molecular weight is 425 g/mol. The van der Waals surface area contributed by atoms with Crippen LogP contribution in [0.1, 0.15) is 17.5 Å². The van der Waals surface area contributed by atoms with Crippen molar-refractivity contribution >= 4 is 38.2 Å². The van der Waals surface area contributed by atoms with Crippen LogP contribution in [0.15, 0.2) is 53.4 Å². The number of carbonyl (C=O) groups excluding carboxylic acids is 1. The van der Waals surface area contributed by atoms with Crippen molar-refractivity contribution in [3.8, 4) is 0 Å². The number of aryl methyl sites for hydroxylation is 1. The molecule has 7 nitrogen and oxygen atoms in total. The zero-order valence-electron chi connectivity index (χ0n) is 16.8. The first-order valence-corrected chi connectivity index (χ1v) is 11.5. The molecule has 0 bridgehead atoms. The summed E-state index contributed by atoms with van der Waals surface area (Å²) in [6.07, 6.45) is 0.223. The predicted octanol–water partition coefficient (Wildman–Crippen LogP) is 2.62. The van der Waals surface area contributed by atoms with E-state index in [-0.39, 0.29) is 24.6 Å². The summed E-state index contributed by atoms with van der Waals surface area (Å²) >= 11 is 0. The van der Waals surface area contributed by atoms with Gasteiger partial charge in [0.05, 0.1) is 21.9 Å². The molecule has 0 saturated carbocycles. The van der Waals surface area contributed by atoms with Crippen molar-refractivity contribution in [1.29, 1.82) is 0 Å². The number of hydrogen-bond donors (Lipinski definition) is 2. The second-order valence-electron chi connectivity index (χ2n) is 7.48. The SMILES string of the molecule is Cc1ccc2nc(N3CCS(=O)(=O)c4ccccc4C3)cc(NC(=O)CCN)c2c1. The first kappa shape index (κ1) is 20.3. The van der Waals surface area contributed by atoms with Gasteiger partial charge in [-0.05, 0) is 30.7 Å². The highest BCUT2D eigenvalue weighted by atomic mass is 32.2. The molecule has 1 aliphatic heterocycles. The molecule has 156 valence electrons. The van der Waals surface area contributed by atoms with E-state index < -0.39 is 9.84 Å². The summed E-state index contributed by atoms with van der Waals surface area (Å²) < 4.78 is 25.4. The van der Waals surface area contributed by atoms with E-state index in [1.807, 2.05) is 48.2 Å². The molecule has 30 heavy (non-hydrogen) atoms. The number of carbonyl (C=O) groups is 1. The number of aromatic nitrogens is 1. The van der Waals surface area contributed by atoms with Gasteiger partial charge in [0.1, 0.15) is 5.82 Å². The first-order chi connectivity index (χ1) is 14.4. The molecular weight excluding hydrogens is 400 g/mol. The van der Waals surface area contributed by atoms with Gasteiger partial charge in [0.2, 0.25) is 5.91 Å². The van der Waals surface area contributed by atoms with E-state index in [1.165, 1.54) is 0 Å². The molecule has 1 aromatic heterocycles. The first-order valence-electron chi connectivity index (χ1n) is 9.84. The number of hydrogen-bond acceptors (Lipinski definition) is 6. The molecule has 0 saturated heterocycles. The third kappa shape index (κ3) is 4.01. The van der Waals surface area contributed by atoms with Crippen molar-refractivity contribution in [3.63, 3.8) is 0 Å². The maximum atomic E-state index is 12.7. The normalized spacial score (nSPS) is 15.5. The Hall–Kier alpha value is -2.97. The summed E-state index contributed by atoms with van der Waals surface area (Å²) in [5.74, 6) is 0.467. The summed E-state index contributed by atoms with van der Waals surface area (Å²) in [5.41, 5.74) is 8.71. The number of nitrogens with zero attached hydrogens (tertiary/aromatic N) is 2. The minimum absolute atomic E-state index is 0.00644. The molecule has 2 heterocycles. The minimum atomic E-state index is -3.36. The van der Waals surface area contributed by atoms with Crippen LogP contribution in [-0.2, 0) is 21.2 Å². The summed E-state index contributed by atoms with van der Waals surface area (Å²) in [4.78, 5) is 19.3. The van der Waals surface area contributed by atoms with Crippen molar-refractivity contribution in [3.05, 3.63) is 59.7 Å². The van der Waals surface area contributed by atoms with Gasteiger partial charge in [0.25, 0.3) is 0 Å². The van der Waals surface area contributed by atoms with Gasteiger partial charge in [0.15, 0.2) is 9.84 Å². The van der Waals surface area contributed by atoms with Crippen molar-refractivity contribution in [1.82, 2.24) is 4.98 Å². The van der Waals surface area contributed by atoms with Gasteiger partial charge in [-0.3, -0.25) is 4.79 Å². The van der Waals surface area contributed by atoms with E-state index in [2.05, 4.69) is 5.32 Å². The fourth-order valence-electron chi connectivity index (χ4n) is 3.69.